The summed E-state index contributed by atoms with van der Waals surface area (Å²) in [6.07, 6.45) is -1.17. The molecule has 3 aromatic rings. The molecule has 24 heavy (non-hydrogen) atoms. The molecule has 0 bridgehead atoms. The summed E-state index contributed by atoms with van der Waals surface area (Å²) in [5.41, 5.74) is 2.56. The minimum Gasteiger partial charge on any atom is -0.489 e. The fourth-order valence-electron chi connectivity index (χ4n) is 2.26. The Morgan fingerprint density at radius 2 is 1.67 bits per heavy atom. The third kappa shape index (κ3) is 4.10. The quantitative estimate of drug-likeness (QED) is 0.730. The van der Waals surface area contributed by atoms with E-state index in [1.54, 1.807) is 12.1 Å². The summed E-state index contributed by atoms with van der Waals surface area (Å²) < 4.78 is 5.80. The molecule has 0 saturated carbocycles. The van der Waals surface area contributed by atoms with E-state index in [0.29, 0.717) is 18.1 Å². The summed E-state index contributed by atoms with van der Waals surface area (Å²) in [5, 5.41) is 11.2. The van der Waals surface area contributed by atoms with E-state index in [-0.39, 0.29) is 5.82 Å². The van der Waals surface area contributed by atoms with E-state index in [0.717, 1.165) is 11.1 Å². The lowest BCUT2D eigenvalue weighted by molar-refractivity contribution is 0.209. The smallest absolute Gasteiger partial charge is 0.410 e. The molecule has 5 heteroatoms. The van der Waals surface area contributed by atoms with Gasteiger partial charge < -0.3 is 9.84 Å². The number of carboxylic acid groups (broad SMARTS) is 1. The van der Waals surface area contributed by atoms with Crippen molar-refractivity contribution >= 4 is 11.9 Å². The molecule has 3 rings (SSSR count). The monoisotopic (exact) mass is 320 g/mol. The third-order valence-corrected chi connectivity index (χ3v) is 3.35. The predicted molar refractivity (Wildman–Crippen MR) is 92.1 cm³/mol. The van der Waals surface area contributed by atoms with Gasteiger partial charge in [-0.05, 0) is 5.56 Å². The highest BCUT2D eigenvalue weighted by Crippen LogP contribution is 2.26. The lowest BCUT2D eigenvalue weighted by Gasteiger charge is -2.11. The van der Waals surface area contributed by atoms with Crippen molar-refractivity contribution in [3.8, 4) is 17.0 Å². The second-order valence-corrected chi connectivity index (χ2v) is 5.14. The lowest BCUT2D eigenvalue weighted by Crippen LogP contribution is -2.09. The average Bonchev–Trinajstić information content (AvgIpc) is 2.61. The topological polar surface area (TPSA) is 71.5 Å². The Bertz CT molecular complexity index is 821. The zero-order valence-corrected chi connectivity index (χ0v) is 12.8. The molecule has 0 aliphatic rings. The number of ether oxygens (including phenoxy) is 1. The van der Waals surface area contributed by atoms with Crippen LogP contribution in [0.1, 0.15) is 5.56 Å². The normalized spacial score (nSPS) is 10.2. The van der Waals surface area contributed by atoms with Crippen LogP contribution in [-0.2, 0) is 6.61 Å². The molecule has 1 aromatic heterocycles. The molecule has 0 fully saturated rings. The first kappa shape index (κ1) is 15.6. The van der Waals surface area contributed by atoms with E-state index in [9.17, 15) is 4.79 Å². The van der Waals surface area contributed by atoms with Gasteiger partial charge in [-0.3, -0.25) is 5.32 Å². The Labute approximate surface area is 139 Å². The minimum absolute atomic E-state index is 0.229. The molecule has 0 aliphatic heterocycles. The predicted octanol–water partition coefficient (Wildman–Crippen LogP) is 4.42. The van der Waals surface area contributed by atoms with Crippen LogP contribution in [0.2, 0.25) is 0 Å². The van der Waals surface area contributed by atoms with E-state index in [1.165, 1.54) is 0 Å². The number of aromatic nitrogens is 1. The number of anilines is 1. The number of carbonyl (C=O) groups is 1. The van der Waals surface area contributed by atoms with Gasteiger partial charge in [-0.2, -0.15) is 0 Å². The second kappa shape index (κ2) is 7.28. The molecular formula is C19H16N2O3. The zero-order valence-electron chi connectivity index (χ0n) is 12.8. The van der Waals surface area contributed by atoms with Crippen molar-refractivity contribution in [1.29, 1.82) is 0 Å². The van der Waals surface area contributed by atoms with E-state index >= 15 is 0 Å². The summed E-state index contributed by atoms with van der Waals surface area (Å²) in [6.45, 7) is 0.394. The number of rotatable bonds is 5. The van der Waals surface area contributed by atoms with Gasteiger partial charge >= 0.3 is 6.09 Å². The van der Waals surface area contributed by atoms with Crippen molar-refractivity contribution in [3.63, 3.8) is 0 Å². The number of nitrogens with one attached hydrogen (secondary N) is 1. The maximum atomic E-state index is 10.9. The molecular weight excluding hydrogens is 304 g/mol. The van der Waals surface area contributed by atoms with Crippen LogP contribution < -0.4 is 10.1 Å². The maximum absolute atomic E-state index is 10.9. The highest BCUT2D eigenvalue weighted by molar-refractivity contribution is 5.82. The maximum Gasteiger partial charge on any atom is 0.410 e. The molecule has 0 atom stereocenters. The molecule has 2 aromatic carbocycles. The Balaban J connectivity index is 1.88. The molecule has 1 heterocycles. The zero-order chi connectivity index (χ0) is 16.8. The number of hydrogen-bond acceptors (Lipinski definition) is 3. The molecule has 2 N–H and O–H groups in total. The van der Waals surface area contributed by atoms with Crippen molar-refractivity contribution < 1.29 is 14.6 Å². The van der Waals surface area contributed by atoms with Gasteiger partial charge in [0.2, 0.25) is 0 Å². The van der Waals surface area contributed by atoms with Crippen LogP contribution in [0.25, 0.3) is 11.3 Å². The summed E-state index contributed by atoms with van der Waals surface area (Å²) >= 11 is 0. The largest absolute Gasteiger partial charge is 0.489 e. The van der Waals surface area contributed by atoms with Gasteiger partial charge in [0, 0.05) is 17.7 Å². The number of hydrogen-bond donors (Lipinski definition) is 2. The van der Waals surface area contributed by atoms with Crippen molar-refractivity contribution in [2.75, 3.05) is 5.32 Å². The van der Waals surface area contributed by atoms with E-state index in [1.807, 2.05) is 60.7 Å². The fraction of sp³-hybridized carbons (Fsp3) is 0.0526. The van der Waals surface area contributed by atoms with Crippen LogP contribution in [0.5, 0.6) is 5.75 Å². The Morgan fingerprint density at radius 3 is 2.33 bits per heavy atom. The number of benzene rings is 2. The minimum atomic E-state index is -1.17. The van der Waals surface area contributed by atoms with Gasteiger partial charge in [-0.25, -0.2) is 9.78 Å². The van der Waals surface area contributed by atoms with Crippen LogP contribution in [0.4, 0.5) is 10.6 Å². The van der Waals surface area contributed by atoms with E-state index in [2.05, 4.69) is 10.3 Å². The summed E-state index contributed by atoms with van der Waals surface area (Å²) in [5.74, 6) is 0.781. The van der Waals surface area contributed by atoms with Crippen LogP contribution in [0, 0.1) is 0 Å². The van der Waals surface area contributed by atoms with E-state index < -0.39 is 6.09 Å². The van der Waals surface area contributed by atoms with Gasteiger partial charge in [0.1, 0.15) is 18.2 Å². The van der Waals surface area contributed by atoms with Crippen LogP contribution in [-0.4, -0.2) is 16.2 Å². The number of nitrogens with zero attached hydrogens (tertiary/aromatic N) is 1. The molecule has 120 valence electrons. The number of amides is 1. The van der Waals surface area contributed by atoms with Gasteiger partial charge in [0.25, 0.3) is 0 Å². The highest BCUT2D eigenvalue weighted by Gasteiger charge is 2.08. The second-order valence-electron chi connectivity index (χ2n) is 5.14. The third-order valence-electron chi connectivity index (χ3n) is 3.35. The first-order valence-corrected chi connectivity index (χ1v) is 7.45. The molecule has 0 radical (unpaired) electrons. The summed E-state index contributed by atoms with van der Waals surface area (Å²) in [4.78, 5) is 15.2. The first-order chi connectivity index (χ1) is 11.7. The van der Waals surface area contributed by atoms with Crippen molar-refractivity contribution in [2.24, 2.45) is 0 Å². The molecule has 0 spiro atoms. The van der Waals surface area contributed by atoms with Gasteiger partial charge in [0.15, 0.2) is 0 Å². The number of pyridine rings is 1. The van der Waals surface area contributed by atoms with Crippen LogP contribution in [0.15, 0.2) is 72.8 Å². The SMILES string of the molecule is O=C(O)Nc1cc(OCc2ccccc2)cc(-c2ccccc2)n1. The van der Waals surface area contributed by atoms with Crippen molar-refractivity contribution in [3.05, 3.63) is 78.4 Å². The van der Waals surface area contributed by atoms with E-state index in [4.69, 9.17) is 9.84 Å². The molecule has 0 aliphatic carbocycles. The summed E-state index contributed by atoms with van der Waals surface area (Å²) in [7, 11) is 0. The molecule has 5 nitrogen and oxygen atoms in total. The van der Waals surface area contributed by atoms with Crippen molar-refractivity contribution in [2.45, 2.75) is 6.61 Å². The fourth-order valence-corrected chi connectivity index (χ4v) is 2.26. The first-order valence-electron chi connectivity index (χ1n) is 7.45. The Morgan fingerprint density at radius 1 is 1.00 bits per heavy atom. The Hall–Kier alpha value is -3.34. The standard InChI is InChI=1S/C19H16N2O3/c22-19(23)21-18-12-16(24-13-14-7-3-1-4-8-14)11-17(20-18)15-9-5-2-6-10-15/h1-12H,13H2,(H,20,21)(H,22,23). The van der Waals surface area contributed by atoms with Crippen LogP contribution >= 0.6 is 0 Å². The highest BCUT2D eigenvalue weighted by atomic mass is 16.5. The van der Waals surface area contributed by atoms with Gasteiger partial charge in [0.05, 0.1) is 5.69 Å². The lowest BCUT2D eigenvalue weighted by atomic mass is 10.1. The molecule has 0 unspecified atom stereocenters. The summed E-state index contributed by atoms with van der Waals surface area (Å²) in [6, 6.07) is 22.7. The van der Waals surface area contributed by atoms with Crippen LogP contribution in [0.3, 0.4) is 0 Å². The average molecular weight is 320 g/mol. The Kier molecular flexibility index (Phi) is 4.72. The van der Waals surface area contributed by atoms with Gasteiger partial charge in [-0.15, -0.1) is 0 Å². The molecule has 0 saturated heterocycles. The molecule has 1 amide bonds. The van der Waals surface area contributed by atoms with Gasteiger partial charge in [-0.1, -0.05) is 60.7 Å². The van der Waals surface area contributed by atoms with Crippen molar-refractivity contribution in [1.82, 2.24) is 4.98 Å².